The van der Waals surface area contributed by atoms with Gasteiger partial charge in [0.25, 0.3) is 0 Å². The lowest BCUT2D eigenvalue weighted by Crippen LogP contribution is -2.36. The number of nitrogens with two attached hydrogens (primary N) is 2. The lowest BCUT2D eigenvalue weighted by molar-refractivity contribution is 0.122. The molecule has 2 heterocycles. The predicted molar refractivity (Wildman–Crippen MR) is 94.2 cm³/mol. The van der Waals surface area contributed by atoms with Crippen LogP contribution in [-0.2, 0) is 4.74 Å². The highest BCUT2D eigenvalue weighted by atomic mass is 35.5. The molecule has 8 heteroatoms. The Bertz CT molecular complexity index is 684. The Hall–Kier alpha value is -1.49. The molecule has 1 aromatic heterocycles. The summed E-state index contributed by atoms with van der Waals surface area (Å²) in [5.41, 5.74) is 16.2. The maximum Gasteiger partial charge on any atom is 0.174 e. The van der Waals surface area contributed by atoms with Crippen molar-refractivity contribution in [2.75, 3.05) is 49.3 Å². The Morgan fingerprint density at radius 2 is 2.00 bits per heavy atom. The van der Waals surface area contributed by atoms with E-state index in [9.17, 15) is 0 Å². The van der Waals surface area contributed by atoms with E-state index in [1.54, 1.807) is 0 Å². The van der Waals surface area contributed by atoms with Gasteiger partial charge in [-0.1, -0.05) is 11.6 Å². The van der Waals surface area contributed by atoms with Crippen molar-refractivity contribution in [1.82, 2.24) is 9.55 Å². The Kier molecular flexibility index (Phi) is 4.43. The topological polar surface area (TPSA) is 82.3 Å². The van der Waals surface area contributed by atoms with Crippen LogP contribution in [0, 0.1) is 0 Å². The van der Waals surface area contributed by atoms with Gasteiger partial charge in [0.1, 0.15) is 0 Å². The molecule has 4 N–H and O–H groups in total. The fraction of sp³-hybridized carbons (Fsp3) is 0.357. The van der Waals surface area contributed by atoms with Crippen LogP contribution in [0.2, 0.25) is 5.15 Å². The van der Waals surface area contributed by atoms with Crippen molar-refractivity contribution in [2.24, 2.45) is 0 Å². The summed E-state index contributed by atoms with van der Waals surface area (Å²) in [4.78, 5) is 2.28. The van der Waals surface area contributed by atoms with Crippen molar-refractivity contribution >= 4 is 37.4 Å². The van der Waals surface area contributed by atoms with E-state index >= 15 is 0 Å². The van der Waals surface area contributed by atoms with Gasteiger partial charge in [0.15, 0.2) is 5.15 Å². The second kappa shape index (κ2) is 6.32. The van der Waals surface area contributed by atoms with Gasteiger partial charge in [-0.25, -0.2) is 4.45 Å². The molecule has 22 heavy (non-hydrogen) atoms. The molecule has 3 rings (SSSR count). The quantitative estimate of drug-likeness (QED) is 0.662. The third-order valence-electron chi connectivity index (χ3n) is 3.76. The smallest absolute Gasteiger partial charge is 0.174 e. The van der Waals surface area contributed by atoms with Gasteiger partial charge in [-0.05, 0) is 24.9 Å². The number of aromatic nitrogens is 2. The second-order valence-electron chi connectivity index (χ2n) is 5.06. The minimum Gasteiger partial charge on any atom is -0.398 e. The molecular formula is C14H19ClN5OP. The number of ether oxygens (including phenoxy) is 1. The summed E-state index contributed by atoms with van der Waals surface area (Å²) in [6, 6.07) is 5.99. The highest BCUT2D eigenvalue weighted by Crippen LogP contribution is 2.39. The molecular weight excluding hydrogens is 321 g/mol. The third kappa shape index (κ3) is 2.74. The van der Waals surface area contributed by atoms with E-state index in [1.807, 2.05) is 23.2 Å². The Morgan fingerprint density at radius 3 is 2.68 bits per heavy atom. The third-order valence-corrected chi connectivity index (χ3v) is 4.78. The number of nitrogen functional groups attached to an aromatic ring is 2. The number of nitrogens with zero attached hydrogens (tertiary/aromatic N) is 3. The molecule has 1 unspecified atom stereocenters. The molecule has 0 aliphatic carbocycles. The number of anilines is 3. The lowest BCUT2D eigenvalue weighted by Gasteiger charge is -2.29. The monoisotopic (exact) mass is 339 g/mol. The first-order valence-electron chi connectivity index (χ1n) is 7.06. The molecule has 0 spiro atoms. The first kappa shape index (κ1) is 15.4. The minimum absolute atomic E-state index is 0.320. The van der Waals surface area contributed by atoms with Crippen LogP contribution >= 0.6 is 20.3 Å². The first-order valence-corrected chi connectivity index (χ1v) is 8.88. The van der Waals surface area contributed by atoms with E-state index in [0.29, 0.717) is 25.3 Å². The van der Waals surface area contributed by atoms with Crippen molar-refractivity contribution < 1.29 is 4.74 Å². The number of rotatable bonds is 3. The molecule has 0 amide bonds. The van der Waals surface area contributed by atoms with Crippen molar-refractivity contribution in [3.8, 4) is 11.3 Å². The van der Waals surface area contributed by atoms with Gasteiger partial charge in [-0.15, -0.1) is 0 Å². The summed E-state index contributed by atoms with van der Waals surface area (Å²) in [5.74, 6) is 0. The Morgan fingerprint density at radius 1 is 1.27 bits per heavy atom. The average molecular weight is 340 g/mol. The maximum absolute atomic E-state index is 6.17. The van der Waals surface area contributed by atoms with Gasteiger partial charge >= 0.3 is 0 Å². The zero-order valence-corrected chi connectivity index (χ0v) is 14.1. The van der Waals surface area contributed by atoms with Crippen LogP contribution in [0.1, 0.15) is 0 Å². The average Bonchev–Trinajstić information content (AvgIpc) is 2.84. The van der Waals surface area contributed by atoms with Crippen molar-refractivity contribution in [3.63, 3.8) is 0 Å². The summed E-state index contributed by atoms with van der Waals surface area (Å²) in [5, 5.41) is 4.59. The molecule has 0 saturated carbocycles. The largest absolute Gasteiger partial charge is 0.398 e. The number of hydrogen-bond acceptors (Lipinski definition) is 5. The number of halogens is 1. The first-order chi connectivity index (χ1) is 10.6. The van der Waals surface area contributed by atoms with Crippen molar-refractivity contribution in [1.29, 1.82) is 0 Å². The minimum atomic E-state index is 0.320. The Balaban J connectivity index is 2.07. The van der Waals surface area contributed by atoms with E-state index in [0.717, 1.165) is 43.2 Å². The van der Waals surface area contributed by atoms with Gasteiger partial charge < -0.3 is 21.1 Å². The summed E-state index contributed by atoms with van der Waals surface area (Å²) < 4.78 is 7.21. The van der Waals surface area contributed by atoms with Crippen LogP contribution in [0.4, 0.5) is 17.1 Å². The second-order valence-corrected chi connectivity index (χ2v) is 6.29. The lowest BCUT2D eigenvalue weighted by atomic mass is 10.1. The molecule has 1 atom stereocenters. The molecule has 1 saturated heterocycles. The fourth-order valence-corrected chi connectivity index (χ4v) is 3.49. The summed E-state index contributed by atoms with van der Waals surface area (Å²) >= 11 is 6.08. The van der Waals surface area contributed by atoms with E-state index in [4.69, 9.17) is 27.8 Å². The van der Waals surface area contributed by atoms with Gasteiger partial charge in [0, 0.05) is 38.8 Å². The van der Waals surface area contributed by atoms with E-state index < -0.39 is 0 Å². The van der Waals surface area contributed by atoms with Crippen LogP contribution in [0.15, 0.2) is 18.2 Å². The molecule has 1 fully saturated rings. The standard InChI is InChI=1S/C14H19ClN5OP/c1-22-20-13(12(17)14(15)18-20)10-8-9(2-3-11(10)16)19-4-6-21-7-5-19/h2-3,8,22H,4-7,16-17H2,1H3. The molecule has 0 radical (unpaired) electrons. The van der Waals surface area contributed by atoms with Crippen LogP contribution < -0.4 is 16.4 Å². The van der Waals surface area contributed by atoms with Crippen LogP contribution in [0.3, 0.4) is 0 Å². The van der Waals surface area contributed by atoms with Gasteiger partial charge in [0.05, 0.1) is 24.6 Å². The molecule has 1 aliphatic heterocycles. The summed E-state index contributed by atoms with van der Waals surface area (Å²) in [7, 11) is 0.423. The maximum atomic E-state index is 6.17. The van der Waals surface area contributed by atoms with Crippen molar-refractivity contribution in [2.45, 2.75) is 0 Å². The summed E-state index contributed by atoms with van der Waals surface area (Å²) in [6.07, 6.45) is 0. The van der Waals surface area contributed by atoms with Crippen molar-refractivity contribution in [3.05, 3.63) is 23.4 Å². The van der Waals surface area contributed by atoms with E-state index in [2.05, 4.69) is 16.1 Å². The van der Waals surface area contributed by atoms with Crippen LogP contribution in [-0.4, -0.2) is 42.5 Å². The predicted octanol–water partition coefficient (Wildman–Crippen LogP) is 2.28. The Labute approximate surface area is 136 Å². The van der Waals surface area contributed by atoms with Gasteiger partial charge in [-0.2, -0.15) is 5.10 Å². The molecule has 1 aliphatic rings. The molecule has 2 aromatic rings. The molecule has 0 bridgehead atoms. The highest BCUT2D eigenvalue weighted by molar-refractivity contribution is 7.35. The SMILES string of the molecule is CPn1nc(Cl)c(N)c1-c1cc(N2CCOCC2)ccc1N. The highest BCUT2D eigenvalue weighted by Gasteiger charge is 2.19. The fourth-order valence-electron chi connectivity index (χ4n) is 2.59. The molecule has 6 nitrogen and oxygen atoms in total. The molecule has 1 aromatic carbocycles. The van der Waals surface area contributed by atoms with E-state index in [-0.39, 0.29) is 0 Å². The van der Waals surface area contributed by atoms with E-state index in [1.165, 1.54) is 0 Å². The van der Waals surface area contributed by atoms with Gasteiger partial charge in [0.2, 0.25) is 0 Å². The number of hydrogen-bond donors (Lipinski definition) is 2. The zero-order valence-electron chi connectivity index (χ0n) is 12.3. The van der Waals surface area contributed by atoms with Gasteiger partial charge in [-0.3, -0.25) is 0 Å². The zero-order chi connectivity index (χ0) is 15.7. The molecule has 118 valence electrons. The number of benzene rings is 1. The van der Waals surface area contributed by atoms with Crippen LogP contribution in [0.5, 0.6) is 0 Å². The van der Waals surface area contributed by atoms with Crippen LogP contribution in [0.25, 0.3) is 11.3 Å². The normalized spacial score (nSPS) is 15.8. The number of morpholine rings is 1. The summed E-state index contributed by atoms with van der Waals surface area (Å²) in [6.45, 7) is 5.24.